The van der Waals surface area contributed by atoms with Gasteiger partial charge in [0.1, 0.15) is 18.2 Å². The molecule has 3 N–H and O–H groups in total. The Morgan fingerprint density at radius 2 is 2.00 bits per heavy atom. The van der Waals surface area contributed by atoms with Gasteiger partial charge in [-0.15, -0.1) is 0 Å². The molecule has 1 aliphatic rings. The normalized spacial score (nSPS) is 23.9. The van der Waals surface area contributed by atoms with Crippen molar-refractivity contribution in [3.05, 3.63) is 11.9 Å². The van der Waals surface area contributed by atoms with E-state index in [1.54, 1.807) is 7.11 Å². The van der Waals surface area contributed by atoms with Crippen molar-refractivity contribution in [1.29, 1.82) is 0 Å². The van der Waals surface area contributed by atoms with Crippen molar-refractivity contribution < 1.29 is 4.74 Å². The Bertz CT molecular complexity index is 442. The van der Waals surface area contributed by atoms with E-state index in [0.29, 0.717) is 30.3 Å². The Labute approximate surface area is 120 Å². The van der Waals surface area contributed by atoms with E-state index in [1.807, 2.05) is 6.07 Å². The van der Waals surface area contributed by atoms with Gasteiger partial charge in [0.15, 0.2) is 5.82 Å². The fourth-order valence-corrected chi connectivity index (χ4v) is 2.50. The molecule has 1 saturated heterocycles. The van der Waals surface area contributed by atoms with Crippen LogP contribution < -0.4 is 16.2 Å². The van der Waals surface area contributed by atoms with Crippen molar-refractivity contribution in [2.24, 2.45) is 5.84 Å². The molecule has 0 aromatic carbocycles. The minimum atomic E-state index is 0.376. The minimum Gasteiger partial charge on any atom is -0.377 e. The number of hydrogen-bond acceptors (Lipinski definition) is 7. The molecular weight excluding hydrogens is 256 g/mol. The zero-order valence-electron chi connectivity index (χ0n) is 12.6. The molecule has 0 spiro atoms. The Morgan fingerprint density at radius 1 is 1.35 bits per heavy atom. The highest BCUT2D eigenvalue weighted by atomic mass is 16.5. The number of anilines is 2. The predicted octanol–water partition coefficient (Wildman–Crippen LogP) is 0.437. The molecule has 1 aliphatic heterocycles. The standard InChI is InChI=1S/C13H24N6O/c1-9-6-19(7-10(2)18(9)3)13-5-11(17-14)15-12(16-13)8-20-4/h5,9-10H,6-8,14H2,1-4H3,(H,15,16,17). The van der Waals surface area contributed by atoms with Gasteiger partial charge in [-0.2, -0.15) is 0 Å². The molecule has 1 fully saturated rings. The number of nitrogen functional groups attached to an aromatic ring is 1. The molecule has 0 saturated carbocycles. The van der Waals surface area contributed by atoms with E-state index in [-0.39, 0.29) is 0 Å². The highest BCUT2D eigenvalue weighted by Crippen LogP contribution is 2.21. The number of aromatic nitrogens is 2. The highest BCUT2D eigenvalue weighted by Gasteiger charge is 2.27. The van der Waals surface area contributed by atoms with Gasteiger partial charge in [-0.25, -0.2) is 15.8 Å². The van der Waals surface area contributed by atoms with Crippen LogP contribution in [0.2, 0.25) is 0 Å². The summed E-state index contributed by atoms with van der Waals surface area (Å²) in [5, 5.41) is 0. The minimum absolute atomic E-state index is 0.376. The summed E-state index contributed by atoms with van der Waals surface area (Å²) < 4.78 is 5.11. The topological polar surface area (TPSA) is 79.5 Å². The van der Waals surface area contributed by atoms with E-state index in [1.165, 1.54) is 0 Å². The predicted molar refractivity (Wildman–Crippen MR) is 79.5 cm³/mol. The van der Waals surface area contributed by atoms with Crippen molar-refractivity contribution in [2.75, 3.05) is 37.6 Å². The van der Waals surface area contributed by atoms with Crippen LogP contribution in [0.15, 0.2) is 6.07 Å². The fourth-order valence-electron chi connectivity index (χ4n) is 2.50. The number of methoxy groups -OCH3 is 1. The van der Waals surface area contributed by atoms with Gasteiger partial charge < -0.3 is 15.1 Å². The van der Waals surface area contributed by atoms with Gasteiger partial charge in [0.2, 0.25) is 0 Å². The number of nitrogens with zero attached hydrogens (tertiary/aromatic N) is 4. The second-order valence-corrected chi connectivity index (χ2v) is 5.37. The van der Waals surface area contributed by atoms with Gasteiger partial charge in [-0.05, 0) is 20.9 Å². The van der Waals surface area contributed by atoms with Crippen LogP contribution >= 0.6 is 0 Å². The van der Waals surface area contributed by atoms with Crippen molar-refractivity contribution in [2.45, 2.75) is 32.5 Å². The maximum atomic E-state index is 5.48. The van der Waals surface area contributed by atoms with Crippen LogP contribution in [0.25, 0.3) is 0 Å². The van der Waals surface area contributed by atoms with Crippen LogP contribution in [0.4, 0.5) is 11.6 Å². The van der Waals surface area contributed by atoms with E-state index in [2.05, 4.69) is 46.1 Å². The number of nitrogens with one attached hydrogen (secondary N) is 1. The second-order valence-electron chi connectivity index (χ2n) is 5.37. The number of hydrogen-bond donors (Lipinski definition) is 2. The molecule has 0 bridgehead atoms. The van der Waals surface area contributed by atoms with Crippen molar-refractivity contribution in [3.8, 4) is 0 Å². The van der Waals surface area contributed by atoms with Crippen LogP contribution in [-0.4, -0.2) is 54.2 Å². The van der Waals surface area contributed by atoms with E-state index in [9.17, 15) is 0 Å². The summed E-state index contributed by atoms with van der Waals surface area (Å²) in [7, 11) is 3.79. The first-order valence-corrected chi connectivity index (χ1v) is 6.85. The Kier molecular flexibility index (Phi) is 4.74. The van der Waals surface area contributed by atoms with E-state index < -0.39 is 0 Å². The van der Waals surface area contributed by atoms with Crippen LogP contribution in [0, 0.1) is 0 Å². The Hall–Kier alpha value is -1.44. The van der Waals surface area contributed by atoms with Crippen LogP contribution in [0.1, 0.15) is 19.7 Å². The molecule has 2 unspecified atom stereocenters. The molecule has 2 heterocycles. The van der Waals surface area contributed by atoms with Gasteiger partial charge in [-0.3, -0.25) is 4.90 Å². The van der Waals surface area contributed by atoms with Crippen molar-refractivity contribution >= 4 is 11.6 Å². The lowest BCUT2D eigenvalue weighted by molar-refractivity contribution is 0.168. The number of likely N-dealkylation sites (N-methyl/N-ethyl adjacent to an activating group) is 1. The smallest absolute Gasteiger partial charge is 0.158 e. The van der Waals surface area contributed by atoms with Crippen LogP contribution in [0.5, 0.6) is 0 Å². The first-order valence-electron chi connectivity index (χ1n) is 6.85. The molecule has 112 valence electrons. The monoisotopic (exact) mass is 280 g/mol. The Balaban J connectivity index is 2.25. The summed E-state index contributed by atoms with van der Waals surface area (Å²) in [6.07, 6.45) is 0. The molecule has 1 aromatic rings. The molecule has 0 radical (unpaired) electrons. The maximum absolute atomic E-state index is 5.48. The molecule has 7 nitrogen and oxygen atoms in total. The second kappa shape index (κ2) is 6.34. The lowest BCUT2D eigenvalue weighted by atomic mass is 10.1. The fraction of sp³-hybridized carbons (Fsp3) is 0.692. The lowest BCUT2D eigenvalue weighted by Gasteiger charge is -2.43. The molecule has 1 aromatic heterocycles. The third kappa shape index (κ3) is 3.17. The zero-order valence-corrected chi connectivity index (χ0v) is 12.6. The van der Waals surface area contributed by atoms with Crippen molar-refractivity contribution in [1.82, 2.24) is 14.9 Å². The SMILES string of the molecule is COCc1nc(NN)cc(N2CC(C)N(C)C(C)C2)n1. The number of rotatable bonds is 4. The average molecular weight is 280 g/mol. The Morgan fingerprint density at radius 3 is 2.55 bits per heavy atom. The quantitative estimate of drug-likeness (QED) is 0.612. The molecular formula is C13H24N6O. The molecule has 2 atom stereocenters. The summed E-state index contributed by atoms with van der Waals surface area (Å²) in [6, 6.07) is 2.84. The third-order valence-corrected chi connectivity index (χ3v) is 3.86. The summed E-state index contributed by atoms with van der Waals surface area (Å²) in [4.78, 5) is 13.5. The number of nitrogens with two attached hydrogens (primary N) is 1. The van der Waals surface area contributed by atoms with Crippen LogP contribution in [0.3, 0.4) is 0 Å². The molecule has 7 heteroatoms. The van der Waals surface area contributed by atoms with Gasteiger partial charge in [-0.1, -0.05) is 0 Å². The lowest BCUT2D eigenvalue weighted by Crippen LogP contribution is -2.55. The van der Waals surface area contributed by atoms with E-state index in [0.717, 1.165) is 18.9 Å². The van der Waals surface area contributed by atoms with E-state index in [4.69, 9.17) is 10.6 Å². The van der Waals surface area contributed by atoms with E-state index >= 15 is 0 Å². The molecule has 2 rings (SSSR count). The summed E-state index contributed by atoms with van der Waals surface area (Å²) >= 11 is 0. The maximum Gasteiger partial charge on any atom is 0.158 e. The average Bonchev–Trinajstić information content (AvgIpc) is 2.44. The van der Waals surface area contributed by atoms with Gasteiger partial charge in [0.25, 0.3) is 0 Å². The third-order valence-electron chi connectivity index (χ3n) is 3.86. The summed E-state index contributed by atoms with van der Waals surface area (Å²) in [5.41, 5.74) is 2.59. The summed E-state index contributed by atoms with van der Waals surface area (Å²) in [6.45, 7) is 6.70. The molecule has 0 amide bonds. The largest absolute Gasteiger partial charge is 0.377 e. The molecule has 20 heavy (non-hydrogen) atoms. The highest BCUT2D eigenvalue weighted by molar-refractivity contribution is 5.49. The van der Waals surface area contributed by atoms with Gasteiger partial charge >= 0.3 is 0 Å². The van der Waals surface area contributed by atoms with Crippen molar-refractivity contribution in [3.63, 3.8) is 0 Å². The first kappa shape index (κ1) is 15.0. The van der Waals surface area contributed by atoms with Crippen LogP contribution in [-0.2, 0) is 11.3 Å². The zero-order chi connectivity index (χ0) is 14.7. The number of ether oxygens (including phenoxy) is 1. The summed E-state index contributed by atoms with van der Waals surface area (Å²) in [5.74, 6) is 7.63. The molecule has 0 aliphatic carbocycles. The first-order chi connectivity index (χ1) is 9.55. The number of piperazine rings is 1. The van der Waals surface area contributed by atoms with Gasteiger partial charge in [0.05, 0.1) is 0 Å². The van der Waals surface area contributed by atoms with Gasteiger partial charge in [0, 0.05) is 38.3 Å². The number of hydrazine groups is 1.